The summed E-state index contributed by atoms with van der Waals surface area (Å²) >= 11 is 1.27. The van der Waals surface area contributed by atoms with Crippen molar-refractivity contribution in [1.82, 2.24) is 19.1 Å². The molecule has 0 aliphatic carbocycles. The van der Waals surface area contributed by atoms with Gasteiger partial charge >= 0.3 is 0 Å². The average molecular weight is 167 g/mol. The van der Waals surface area contributed by atoms with Crippen LogP contribution in [0.1, 0.15) is 0 Å². The van der Waals surface area contributed by atoms with Gasteiger partial charge in [-0.15, -0.1) is 0 Å². The molecule has 0 bridgehead atoms. The van der Waals surface area contributed by atoms with Gasteiger partial charge in [0.2, 0.25) is 5.13 Å². The molecule has 0 fully saturated rings. The van der Waals surface area contributed by atoms with E-state index < -0.39 is 0 Å². The number of rotatable bonds is 1. The molecule has 2 rings (SSSR count). The summed E-state index contributed by atoms with van der Waals surface area (Å²) in [6.07, 6.45) is 4.75. The van der Waals surface area contributed by atoms with Crippen molar-refractivity contribution < 1.29 is 0 Å². The molecular formula is C5H5N5S. The highest BCUT2D eigenvalue weighted by molar-refractivity contribution is 7.07. The molecule has 11 heavy (non-hydrogen) atoms. The number of anilines is 1. The molecule has 0 radical (unpaired) electrons. The highest BCUT2D eigenvalue weighted by Gasteiger charge is 1.99. The van der Waals surface area contributed by atoms with Gasteiger partial charge in [0.05, 0.1) is 18.1 Å². The minimum Gasteiger partial charge on any atom is -0.396 e. The van der Waals surface area contributed by atoms with Crippen LogP contribution < -0.4 is 5.73 Å². The fourth-order valence-electron chi connectivity index (χ4n) is 0.710. The van der Waals surface area contributed by atoms with Crippen LogP contribution in [-0.2, 0) is 0 Å². The molecule has 6 heteroatoms. The lowest BCUT2D eigenvalue weighted by atomic mass is 10.6. The predicted octanol–water partition coefficient (Wildman–Crippen LogP) is 0.306. The molecule has 0 atom stereocenters. The number of nitrogens with zero attached hydrogens (tertiary/aromatic N) is 4. The third-order valence-electron chi connectivity index (χ3n) is 1.15. The molecule has 0 saturated carbocycles. The van der Waals surface area contributed by atoms with Gasteiger partial charge in [0.1, 0.15) is 6.33 Å². The molecule has 56 valence electrons. The maximum atomic E-state index is 5.46. The molecule has 0 saturated heterocycles. The molecule has 0 amide bonds. The van der Waals surface area contributed by atoms with E-state index in [4.69, 9.17) is 5.73 Å². The van der Waals surface area contributed by atoms with Crippen molar-refractivity contribution in [1.29, 1.82) is 0 Å². The first kappa shape index (κ1) is 6.29. The average Bonchev–Trinajstić information content (AvgIpc) is 2.55. The monoisotopic (exact) mass is 167 g/mol. The number of aromatic nitrogens is 4. The fraction of sp³-hybridized carbons (Fsp3) is 0. The van der Waals surface area contributed by atoms with Crippen LogP contribution in [0.4, 0.5) is 5.69 Å². The molecule has 0 aromatic carbocycles. The van der Waals surface area contributed by atoms with Gasteiger partial charge in [-0.25, -0.2) is 9.67 Å². The quantitative estimate of drug-likeness (QED) is 0.663. The van der Waals surface area contributed by atoms with Crippen molar-refractivity contribution in [2.45, 2.75) is 0 Å². The Hall–Kier alpha value is -1.43. The first-order valence-electron chi connectivity index (χ1n) is 2.93. The summed E-state index contributed by atoms with van der Waals surface area (Å²) in [6, 6.07) is 0. The summed E-state index contributed by atoms with van der Waals surface area (Å²) < 4.78 is 5.43. The Morgan fingerprint density at radius 3 is 3.00 bits per heavy atom. The zero-order chi connectivity index (χ0) is 7.68. The van der Waals surface area contributed by atoms with E-state index in [0.29, 0.717) is 5.69 Å². The number of nitrogens with two attached hydrogens (primary N) is 1. The van der Waals surface area contributed by atoms with Gasteiger partial charge in [0, 0.05) is 11.5 Å². The van der Waals surface area contributed by atoms with Crippen LogP contribution in [0.5, 0.6) is 0 Å². The zero-order valence-electron chi connectivity index (χ0n) is 5.51. The molecule has 0 unspecified atom stereocenters. The Morgan fingerprint density at radius 2 is 2.45 bits per heavy atom. The van der Waals surface area contributed by atoms with Gasteiger partial charge < -0.3 is 5.73 Å². The SMILES string of the molecule is Nc1cnn(-c2ncns2)c1. The molecule has 0 aliphatic heterocycles. The first-order chi connectivity index (χ1) is 5.36. The summed E-state index contributed by atoms with van der Waals surface area (Å²) in [5.74, 6) is 0. The summed E-state index contributed by atoms with van der Waals surface area (Å²) in [7, 11) is 0. The standard InChI is InChI=1S/C5H5N5S/c6-4-1-8-10(2-4)5-7-3-9-11-5/h1-3H,6H2. The van der Waals surface area contributed by atoms with E-state index in [0.717, 1.165) is 5.13 Å². The minimum absolute atomic E-state index is 0.625. The van der Waals surface area contributed by atoms with Crippen molar-refractivity contribution in [3.8, 4) is 5.13 Å². The Morgan fingerprint density at radius 1 is 1.55 bits per heavy atom. The second-order valence-electron chi connectivity index (χ2n) is 1.94. The van der Waals surface area contributed by atoms with Crippen molar-refractivity contribution in [3.05, 3.63) is 18.7 Å². The maximum absolute atomic E-state index is 5.46. The van der Waals surface area contributed by atoms with Crippen LogP contribution in [0.2, 0.25) is 0 Å². The third-order valence-corrected chi connectivity index (χ3v) is 1.80. The van der Waals surface area contributed by atoms with Gasteiger partial charge in [0.25, 0.3) is 0 Å². The van der Waals surface area contributed by atoms with Gasteiger partial charge in [-0.3, -0.25) is 0 Å². The normalized spacial score (nSPS) is 10.2. The highest BCUT2D eigenvalue weighted by Crippen LogP contribution is 2.08. The van der Waals surface area contributed by atoms with Crippen molar-refractivity contribution in [2.75, 3.05) is 5.73 Å². The van der Waals surface area contributed by atoms with Crippen LogP contribution in [0, 0.1) is 0 Å². The van der Waals surface area contributed by atoms with E-state index in [-0.39, 0.29) is 0 Å². The Bertz CT molecular complexity index is 337. The first-order valence-corrected chi connectivity index (χ1v) is 3.71. The van der Waals surface area contributed by atoms with E-state index in [1.54, 1.807) is 17.1 Å². The second kappa shape index (κ2) is 2.31. The molecule has 2 aromatic heterocycles. The van der Waals surface area contributed by atoms with Crippen molar-refractivity contribution in [3.63, 3.8) is 0 Å². The van der Waals surface area contributed by atoms with Crippen LogP contribution in [0.15, 0.2) is 18.7 Å². The predicted molar refractivity (Wildman–Crippen MR) is 41.4 cm³/mol. The Kier molecular flexibility index (Phi) is 1.32. The summed E-state index contributed by atoms with van der Waals surface area (Å²) in [4.78, 5) is 3.95. The third kappa shape index (κ3) is 1.07. The molecule has 5 nitrogen and oxygen atoms in total. The minimum atomic E-state index is 0.625. The number of hydrogen-bond donors (Lipinski definition) is 1. The lowest BCUT2D eigenvalue weighted by Gasteiger charge is -1.88. The van der Waals surface area contributed by atoms with Crippen LogP contribution in [0.3, 0.4) is 0 Å². The van der Waals surface area contributed by atoms with Crippen LogP contribution in [0.25, 0.3) is 5.13 Å². The summed E-state index contributed by atoms with van der Waals surface area (Å²) in [5.41, 5.74) is 6.08. The maximum Gasteiger partial charge on any atom is 0.229 e. The van der Waals surface area contributed by atoms with E-state index in [9.17, 15) is 0 Å². The molecule has 2 aromatic rings. The molecule has 0 spiro atoms. The van der Waals surface area contributed by atoms with E-state index in [2.05, 4.69) is 14.5 Å². The van der Waals surface area contributed by atoms with Crippen LogP contribution in [-0.4, -0.2) is 19.1 Å². The molecule has 0 aliphatic rings. The van der Waals surface area contributed by atoms with Gasteiger partial charge in [-0.2, -0.15) is 9.47 Å². The topological polar surface area (TPSA) is 69.6 Å². The lowest BCUT2D eigenvalue weighted by Crippen LogP contribution is -1.91. The van der Waals surface area contributed by atoms with Gasteiger partial charge in [-0.1, -0.05) is 0 Å². The summed E-state index contributed by atoms with van der Waals surface area (Å²) in [6.45, 7) is 0. The van der Waals surface area contributed by atoms with Gasteiger partial charge in [-0.05, 0) is 0 Å². The highest BCUT2D eigenvalue weighted by atomic mass is 32.1. The Balaban J connectivity index is 2.45. The smallest absolute Gasteiger partial charge is 0.229 e. The number of nitrogen functional groups attached to an aromatic ring is 1. The second-order valence-corrected chi connectivity index (χ2v) is 2.70. The van der Waals surface area contributed by atoms with E-state index in [1.165, 1.54) is 17.9 Å². The fourth-order valence-corrected chi connectivity index (χ4v) is 1.18. The van der Waals surface area contributed by atoms with E-state index >= 15 is 0 Å². The Labute approximate surface area is 66.7 Å². The molecule has 2 N–H and O–H groups in total. The largest absolute Gasteiger partial charge is 0.396 e. The van der Waals surface area contributed by atoms with Crippen molar-refractivity contribution >= 4 is 17.2 Å². The van der Waals surface area contributed by atoms with Gasteiger partial charge in [0.15, 0.2) is 0 Å². The zero-order valence-corrected chi connectivity index (χ0v) is 6.32. The van der Waals surface area contributed by atoms with Crippen molar-refractivity contribution in [2.24, 2.45) is 0 Å². The molecular weight excluding hydrogens is 162 g/mol. The molecule has 2 heterocycles. The van der Waals surface area contributed by atoms with Crippen LogP contribution >= 0.6 is 11.5 Å². The lowest BCUT2D eigenvalue weighted by molar-refractivity contribution is 0.869. The van der Waals surface area contributed by atoms with E-state index in [1.807, 2.05) is 0 Å². The summed E-state index contributed by atoms with van der Waals surface area (Å²) in [5, 5.41) is 4.68. The number of hydrogen-bond acceptors (Lipinski definition) is 5.